The third kappa shape index (κ3) is 3.29. The molecular weight excluding hydrogens is 260 g/mol. The van der Waals surface area contributed by atoms with Gasteiger partial charge in [0.05, 0.1) is 19.9 Å². The molecule has 0 aromatic carbocycles. The van der Waals surface area contributed by atoms with E-state index in [-0.39, 0.29) is 11.6 Å². The minimum Gasteiger partial charge on any atom is -0.481 e. The van der Waals surface area contributed by atoms with E-state index >= 15 is 0 Å². The summed E-state index contributed by atoms with van der Waals surface area (Å²) >= 11 is 0. The van der Waals surface area contributed by atoms with Crippen LogP contribution in [0.15, 0.2) is 24.5 Å². The Morgan fingerprint density at radius 1 is 1.55 bits per heavy atom. The van der Waals surface area contributed by atoms with Crippen LogP contribution in [-0.4, -0.2) is 39.5 Å². The molecule has 0 aliphatic heterocycles. The number of carbonyl (C=O) groups is 1. The van der Waals surface area contributed by atoms with Gasteiger partial charge in [0, 0.05) is 24.8 Å². The van der Waals surface area contributed by atoms with Crippen LogP contribution in [0.4, 0.5) is 0 Å². The summed E-state index contributed by atoms with van der Waals surface area (Å²) in [6, 6.07) is 3.61. The number of hydrogen-bond donors (Lipinski definition) is 2. The largest absolute Gasteiger partial charge is 0.481 e. The average Bonchev–Trinajstić information content (AvgIpc) is 2.94. The van der Waals surface area contributed by atoms with Crippen LogP contribution in [0.5, 0.6) is 5.88 Å². The van der Waals surface area contributed by atoms with Crippen LogP contribution in [0.3, 0.4) is 0 Å². The van der Waals surface area contributed by atoms with Gasteiger partial charge in [-0.2, -0.15) is 0 Å². The first-order chi connectivity index (χ1) is 9.74. The molecule has 2 heterocycles. The Morgan fingerprint density at radius 2 is 2.40 bits per heavy atom. The number of rotatable bonds is 6. The van der Waals surface area contributed by atoms with Crippen LogP contribution in [-0.2, 0) is 13.1 Å². The Morgan fingerprint density at radius 3 is 3.15 bits per heavy atom. The van der Waals surface area contributed by atoms with Crippen LogP contribution < -0.4 is 15.8 Å². The topological polar surface area (TPSA) is 108 Å². The molecular formula is C12H16N6O2. The van der Waals surface area contributed by atoms with Crippen molar-refractivity contribution in [2.45, 2.75) is 13.1 Å². The summed E-state index contributed by atoms with van der Waals surface area (Å²) in [5, 5.41) is 10.3. The van der Waals surface area contributed by atoms with Gasteiger partial charge in [-0.3, -0.25) is 9.48 Å². The third-order valence-corrected chi connectivity index (χ3v) is 2.61. The predicted molar refractivity (Wildman–Crippen MR) is 71.0 cm³/mol. The molecule has 2 aromatic heterocycles. The molecule has 2 aromatic rings. The van der Waals surface area contributed by atoms with E-state index in [1.165, 1.54) is 11.8 Å². The van der Waals surface area contributed by atoms with Crippen molar-refractivity contribution in [3.05, 3.63) is 35.8 Å². The van der Waals surface area contributed by atoms with Gasteiger partial charge in [-0.15, -0.1) is 5.10 Å². The van der Waals surface area contributed by atoms with E-state index in [1.54, 1.807) is 18.5 Å². The van der Waals surface area contributed by atoms with Gasteiger partial charge in [0.25, 0.3) is 5.91 Å². The van der Waals surface area contributed by atoms with E-state index in [4.69, 9.17) is 10.5 Å². The second kappa shape index (κ2) is 6.62. The number of nitrogens with two attached hydrogens (primary N) is 1. The van der Waals surface area contributed by atoms with Crippen LogP contribution in [0.25, 0.3) is 0 Å². The number of nitrogens with one attached hydrogen (secondary N) is 1. The Balaban J connectivity index is 1.97. The first kappa shape index (κ1) is 13.9. The lowest BCUT2D eigenvalue weighted by molar-refractivity contribution is 0.0945. The highest BCUT2D eigenvalue weighted by Gasteiger charge is 2.11. The third-order valence-electron chi connectivity index (χ3n) is 2.61. The lowest BCUT2D eigenvalue weighted by Gasteiger charge is -2.07. The summed E-state index contributed by atoms with van der Waals surface area (Å²) in [4.78, 5) is 16.0. The van der Waals surface area contributed by atoms with Gasteiger partial charge < -0.3 is 15.8 Å². The molecule has 8 nitrogen and oxygen atoms in total. The van der Waals surface area contributed by atoms with Crippen molar-refractivity contribution in [3.8, 4) is 5.88 Å². The maximum atomic E-state index is 11.9. The number of nitrogens with zero attached hydrogens (tertiary/aromatic N) is 4. The molecule has 0 unspecified atom stereocenters. The highest BCUT2D eigenvalue weighted by atomic mass is 16.5. The normalized spacial score (nSPS) is 10.3. The molecule has 3 N–H and O–H groups in total. The van der Waals surface area contributed by atoms with Gasteiger partial charge in [0.2, 0.25) is 5.88 Å². The Bertz CT molecular complexity index is 583. The molecule has 1 amide bonds. The van der Waals surface area contributed by atoms with Gasteiger partial charge in [0.15, 0.2) is 5.69 Å². The lowest BCUT2D eigenvalue weighted by Crippen LogP contribution is -2.23. The van der Waals surface area contributed by atoms with Gasteiger partial charge in [-0.05, 0) is 6.07 Å². The van der Waals surface area contributed by atoms with E-state index in [0.29, 0.717) is 25.5 Å². The van der Waals surface area contributed by atoms with Crippen LogP contribution in [0.1, 0.15) is 16.1 Å². The molecule has 0 saturated carbocycles. The minimum absolute atomic E-state index is 0.251. The lowest BCUT2D eigenvalue weighted by atomic mass is 10.2. The molecule has 0 spiro atoms. The van der Waals surface area contributed by atoms with Crippen molar-refractivity contribution in [1.82, 2.24) is 25.3 Å². The standard InChI is InChI=1S/C12H16N6O2/c1-20-12-9(3-2-5-14-12)7-15-11(19)10-8-18(6-4-13)17-16-10/h2-3,5,8H,4,6-7,13H2,1H3,(H,15,19). The van der Waals surface area contributed by atoms with Crippen molar-refractivity contribution in [2.24, 2.45) is 5.73 Å². The van der Waals surface area contributed by atoms with Crippen molar-refractivity contribution in [2.75, 3.05) is 13.7 Å². The van der Waals surface area contributed by atoms with E-state index < -0.39 is 0 Å². The van der Waals surface area contributed by atoms with Gasteiger partial charge in [-0.1, -0.05) is 11.3 Å². The first-order valence-electron chi connectivity index (χ1n) is 6.11. The zero-order valence-electron chi connectivity index (χ0n) is 11.1. The van der Waals surface area contributed by atoms with Gasteiger partial charge in [0.1, 0.15) is 0 Å². The minimum atomic E-state index is -0.306. The van der Waals surface area contributed by atoms with Crippen LogP contribution in [0.2, 0.25) is 0 Å². The molecule has 0 bridgehead atoms. The zero-order chi connectivity index (χ0) is 14.4. The fourth-order valence-corrected chi connectivity index (χ4v) is 1.65. The van der Waals surface area contributed by atoms with E-state index in [0.717, 1.165) is 5.56 Å². The maximum absolute atomic E-state index is 11.9. The SMILES string of the molecule is COc1ncccc1CNC(=O)c1cn(CCN)nn1. The van der Waals surface area contributed by atoms with Crippen molar-refractivity contribution >= 4 is 5.91 Å². The number of ether oxygens (including phenoxy) is 1. The Hall–Kier alpha value is -2.48. The molecule has 0 atom stereocenters. The Kier molecular flexibility index (Phi) is 4.61. The number of aromatic nitrogens is 4. The van der Waals surface area contributed by atoms with E-state index in [1.807, 2.05) is 6.07 Å². The number of pyridine rings is 1. The predicted octanol–water partition coefficient (Wildman–Crippen LogP) is -0.430. The van der Waals surface area contributed by atoms with E-state index in [9.17, 15) is 4.79 Å². The number of amides is 1. The molecule has 0 saturated heterocycles. The summed E-state index contributed by atoms with van der Waals surface area (Å²) in [5.41, 5.74) is 6.44. The fraction of sp³-hybridized carbons (Fsp3) is 0.333. The molecule has 2 rings (SSSR count). The summed E-state index contributed by atoms with van der Waals surface area (Å²) in [6.45, 7) is 1.27. The summed E-state index contributed by atoms with van der Waals surface area (Å²) in [6.07, 6.45) is 3.19. The summed E-state index contributed by atoms with van der Waals surface area (Å²) in [7, 11) is 1.53. The second-order valence-corrected chi connectivity index (χ2v) is 4.01. The molecule has 20 heavy (non-hydrogen) atoms. The molecule has 106 valence electrons. The molecule has 0 aliphatic carbocycles. The smallest absolute Gasteiger partial charge is 0.273 e. The Labute approximate surface area is 115 Å². The van der Waals surface area contributed by atoms with Crippen molar-refractivity contribution in [3.63, 3.8) is 0 Å². The van der Waals surface area contributed by atoms with Crippen LogP contribution >= 0.6 is 0 Å². The quantitative estimate of drug-likeness (QED) is 0.741. The summed E-state index contributed by atoms with van der Waals surface area (Å²) in [5.74, 6) is 0.179. The monoisotopic (exact) mass is 276 g/mol. The first-order valence-corrected chi connectivity index (χ1v) is 6.11. The summed E-state index contributed by atoms with van der Waals surface area (Å²) < 4.78 is 6.64. The number of hydrogen-bond acceptors (Lipinski definition) is 6. The average molecular weight is 276 g/mol. The number of methoxy groups -OCH3 is 1. The van der Waals surface area contributed by atoms with Crippen molar-refractivity contribution < 1.29 is 9.53 Å². The van der Waals surface area contributed by atoms with Gasteiger partial charge >= 0.3 is 0 Å². The van der Waals surface area contributed by atoms with Crippen LogP contribution in [0, 0.1) is 0 Å². The molecule has 8 heteroatoms. The maximum Gasteiger partial charge on any atom is 0.273 e. The van der Waals surface area contributed by atoms with Gasteiger partial charge in [-0.25, -0.2) is 4.98 Å². The second-order valence-electron chi connectivity index (χ2n) is 4.01. The zero-order valence-corrected chi connectivity index (χ0v) is 11.1. The fourth-order valence-electron chi connectivity index (χ4n) is 1.65. The highest BCUT2D eigenvalue weighted by molar-refractivity contribution is 5.91. The molecule has 0 aliphatic rings. The van der Waals surface area contributed by atoms with Crippen molar-refractivity contribution in [1.29, 1.82) is 0 Å². The number of carbonyl (C=O) groups excluding carboxylic acids is 1. The molecule has 0 fully saturated rings. The van der Waals surface area contributed by atoms with E-state index in [2.05, 4.69) is 20.6 Å². The highest BCUT2D eigenvalue weighted by Crippen LogP contribution is 2.12. The molecule has 0 radical (unpaired) electrons.